The first-order chi connectivity index (χ1) is 8.91. The Labute approximate surface area is 115 Å². The topological polar surface area (TPSA) is 67.3 Å². The highest BCUT2D eigenvalue weighted by Crippen LogP contribution is 2.33. The summed E-state index contributed by atoms with van der Waals surface area (Å²) in [5, 5.41) is 14.2. The van der Waals surface area contributed by atoms with Crippen molar-refractivity contribution in [3.63, 3.8) is 0 Å². The number of nitrogens with two attached hydrogens (primary N) is 1. The summed E-state index contributed by atoms with van der Waals surface area (Å²) < 4.78 is 1.90. The van der Waals surface area contributed by atoms with Crippen molar-refractivity contribution in [1.82, 2.24) is 9.78 Å². The molecule has 108 valence electrons. The van der Waals surface area contributed by atoms with Gasteiger partial charge in [-0.2, -0.15) is 5.10 Å². The summed E-state index contributed by atoms with van der Waals surface area (Å²) in [5.41, 5.74) is 8.05. The van der Waals surface area contributed by atoms with E-state index in [4.69, 9.17) is 5.73 Å². The lowest BCUT2D eigenvalue weighted by atomic mass is 9.92. The van der Waals surface area contributed by atoms with E-state index in [2.05, 4.69) is 23.8 Å². The highest BCUT2D eigenvalue weighted by atomic mass is 16.3. The van der Waals surface area contributed by atoms with Crippen LogP contribution in [0.15, 0.2) is 0 Å². The lowest BCUT2D eigenvalue weighted by Gasteiger charge is -2.34. The molecule has 1 aromatic heterocycles. The summed E-state index contributed by atoms with van der Waals surface area (Å²) >= 11 is 0. The van der Waals surface area contributed by atoms with Crippen molar-refractivity contribution in [1.29, 1.82) is 0 Å². The number of nitrogen functional groups attached to an aromatic ring is 1. The second-order valence-electron chi connectivity index (χ2n) is 5.97. The third-order valence-corrected chi connectivity index (χ3v) is 4.15. The van der Waals surface area contributed by atoms with Crippen LogP contribution in [-0.4, -0.2) is 34.1 Å². The molecule has 0 amide bonds. The van der Waals surface area contributed by atoms with Gasteiger partial charge < -0.3 is 15.7 Å². The minimum atomic E-state index is -0.211. The van der Waals surface area contributed by atoms with Gasteiger partial charge in [0.05, 0.1) is 17.5 Å². The van der Waals surface area contributed by atoms with Crippen molar-refractivity contribution in [2.45, 2.75) is 45.6 Å². The normalized spacial score (nSPS) is 19.2. The third kappa shape index (κ3) is 2.71. The van der Waals surface area contributed by atoms with Crippen LogP contribution in [0, 0.1) is 5.92 Å². The quantitative estimate of drug-likeness (QED) is 0.874. The number of aliphatic hydroxyl groups is 1. The van der Waals surface area contributed by atoms with Crippen molar-refractivity contribution in [2.24, 2.45) is 13.0 Å². The Morgan fingerprint density at radius 2 is 1.84 bits per heavy atom. The van der Waals surface area contributed by atoms with Crippen LogP contribution in [0.3, 0.4) is 0 Å². The number of piperidine rings is 1. The fraction of sp³-hybridized carbons (Fsp3) is 0.786. The van der Waals surface area contributed by atoms with Gasteiger partial charge in [0.1, 0.15) is 5.82 Å². The predicted molar refractivity (Wildman–Crippen MR) is 78.3 cm³/mol. The molecule has 0 aliphatic carbocycles. The molecule has 2 heterocycles. The van der Waals surface area contributed by atoms with Gasteiger partial charge in [0, 0.05) is 20.1 Å². The van der Waals surface area contributed by atoms with Gasteiger partial charge in [-0.3, -0.25) is 4.68 Å². The first-order valence-electron chi connectivity index (χ1n) is 7.17. The van der Waals surface area contributed by atoms with Gasteiger partial charge in [0.25, 0.3) is 0 Å². The Balaban J connectivity index is 2.16. The fourth-order valence-electron chi connectivity index (χ4n) is 2.95. The lowest BCUT2D eigenvalue weighted by molar-refractivity contribution is 0.109. The van der Waals surface area contributed by atoms with Crippen LogP contribution < -0.4 is 10.6 Å². The Hall–Kier alpha value is -1.23. The maximum atomic E-state index is 9.66. The SMILES string of the molecule is CC(C)c1nn(C)c(N2CCC(C(C)O)CC2)c1N. The Morgan fingerprint density at radius 3 is 2.26 bits per heavy atom. The monoisotopic (exact) mass is 266 g/mol. The average molecular weight is 266 g/mol. The number of anilines is 2. The van der Waals surface area contributed by atoms with Gasteiger partial charge >= 0.3 is 0 Å². The molecule has 0 saturated carbocycles. The Bertz CT molecular complexity index is 431. The van der Waals surface area contributed by atoms with Crippen molar-refractivity contribution < 1.29 is 5.11 Å². The molecular weight excluding hydrogens is 240 g/mol. The van der Waals surface area contributed by atoms with E-state index >= 15 is 0 Å². The molecule has 1 unspecified atom stereocenters. The lowest BCUT2D eigenvalue weighted by Crippen LogP contribution is -2.38. The molecule has 1 aliphatic heterocycles. The fourth-order valence-corrected chi connectivity index (χ4v) is 2.95. The van der Waals surface area contributed by atoms with Crippen LogP contribution in [0.5, 0.6) is 0 Å². The predicted octanol–water partition coefficient (Wildman–Crippen LogP) is 1.72. The minimum absolute atomic E-state index is 0.211. The number of hydrogen-bond donors (Lipinski definition) is 2. The summed E-state index contributed by atoms with van der Waals surface area (Å²) in [7, 11) is 1.96. The van der Waals surface area contributed by atoms with Crippen LogP contribution in [0.1, 0.15) is 45.2 Å². The molecule has 5 nitrogen and oxygen atoms in total. The van der Waals surface area contributed by atoms with Gasteiger partial charge in [-0.1, -0.05) is 13.8 Å². The van der Waals surface area contributed by atoms with Crippen LogP contribution in [0.2, 0.25) is 0 Å². The minimum Gasteiger partial charge on any atom is -0.394 e. The first-order valence-corrected chi connectivity index (χ1v) is 7.17. The Morgan fingerprint density at radius 1 is 1.26 bits per heavy atom. The van der Waals surface area contributed by atoms with Crippen molar-refractivity contribution in [3.8, 4) is 0 Å². The number of aryl methyl sites for hydroxylation is 1. The maximum absolute atomic E-state index is 9.66. The van der Waals surface area contributed by atoms with Gasteiger partial charge in [0.15, 0.2) is 0 Å². The van der Waals surface area contributed by atoms with Gasteiger partial charge in [0.2, 0.25) is 0 Å². The second-order valence-corrected chi connectivity index (χ2v) is 5.97. The zero-order valence-corrected chi connectivity index (χ0v) is 12.4. The molecule has 0 aromatic carbocycles. The second kappa shape index (κ2) is 5.41. The molecule has 2 rings (SSSR count). The molecule has 0 radical (unpaired) electrons. The molecule has 1 saturated heterocycles. The van der Waals surface area contributed by atoms with E-state index in [1.54, 1.807) is 0 Å². The standard InChI is InChI=1S/C14H26N4O/c1-9(2)13-12(15)14(17(4)16-13)18-7-5-11(6-8-18)10(3)19/h9-11,19H,5-8,15H2,1-4H3. The first kappa shape index (κ1) is 14.2. The van der Waals surface area contributed by atoms with Crippen molar-refractivity contribution in [2.75, 3.05) is 23.7 Å². The van der Waals surface area contributed by atoms with Gasteiger partial charge in [-0.05, 0) is 31.6 Å². The van der Waals surface area contributed by atoms with Crippen LogP contribution in [-0.2, 0) is 7.05 Å². The molecule has 1 atom stereocenters. The number of aliphatic hydroxyl groups excluding tert-OH is 1. The summed E-state index contributed by atoms with van der Waals surface area (Å²) in [6, 6.07) is 0. The third-order valence-electron chi connectivity index (χ3n) is 4.15. The largest absolute Gasteiger partial charge is 0.394 e. The molecule has 1 fully saturated rings. The highest BCUT2D eigenvalue weighted by molar-refractivity contribution is 5.67. The number of hydrogen-bond acceptors (Lipinski definition) is 4. The molecule has 0 spiro atoms. The number of rotatable bonds is 3. The van der Waals surface area contributed by atoms with E-state index in [0.717, 1.165) is 43.1 Å². The summed E-state index contributed by atoms with van der Waals surface area (Å²) in [4.78, 5) is 2.30. The van der Waals surface area contributed by atoms with E-state index in [0.29, 0.717) is 11.8 Å². The van der Waals surface area contributed by atoms with E-state index < -0.39 is 0 Å². The molecule has 1 aromatic rings. The molecular formula is C14H26N4O. The van der Waals surface area contributed by atoms with Crippen molar-refractivity contribution in [3.05, 3.63) is 5.69 Å². The van der Waals surface area contributed by atoms with Crippen LogP contribution in [0.25, 0.3) is 0 Å². The summed E-state index contributed by atoms with van der Waals surface area (Å²) in [5.74, 6) is 1.79. The number of aromatic nitrogens is 2. The van der Waals surface area contributed by atoms with E-state index in [-0.39, 0.29) is 6.10 Å². The van der Waals surface area contributed by atoms with E-state index in [1.807, 2.05) is 18.7 Å². The van der Waals surface area contributed by atoms with Crippen LogP contribution >= 0.6 is 0 Å². The molecule has 5 heteroatoms. The van der Waals surface area contributed by atoms with Crippen LogP contribution in [0.4, 0.5) is 11.5 Å². The average Bonchev–Trinajstić information content (AvgIpc) is 2.65. The zero-order valence-electron chi connectivity index (χ0n) is 12.4. The smallest absolute Gasteiger partial charge is 0.150 e. The van der Waals surface area contributed by atoms with Gasteiger partial charge in [-0.25, -0.2) is 0 Å². The molecule has 3 N–H and O–H groups in total. The van der Waals surface area contributed by atoms with Gasteiger partial charge in [-0.15, -0.1) is 0 Å². The molecule has 0 bridgehead atoms. The van der Waals surface area contributed by atoms with E-state index in [1.165, 1.54) is 0 Å². The Kier molecular flexibility index (Phi) is 4.04. The van der Waals surface area contributed by atoms with Crippen molar-refractivity contribution >= 4 is 11.5 Å². The zero-order chi connectivity index (χ0) is 14.2. The summed E-state index contributed by atoms with van der Waals surface area (Å²) in [6.07, 6.45) is 1.82. The molecule has 19 heavy (non-hydrogen) atoms. The van der Waals surface area contributed by atoms with E-state index in [9.17, 15) is 5.11 Å². The maximum Gasteiger partial charge on any atom is 0.150 e. The molecule has 1 aliphatic rings. The summed E-state index contributed by atoms with van der Waals surface area (Å²) in [6.45, 7) is 7.99. The number of nitrogens with zero attached hydrogens (tertiary/aromatic N) is 3. The highest BCUT2D eigenvalue weighted by Gasteiger charge is 2.27.